The Morgan fingerprint density at radius 3 is 3.00 bits per heavy atom. The fourth-order valence-corrected chi connectivity index (χ4v) is 2.24. The summed E-state index contributed by atoms with van der Waals surface area (Å²) in [5.41, 5.74) is 0. The Balaban J connectivity index is 1.92. The lowest BCUT2D eigenvalue weighted by atomic mass is 10.2. The van der Waals surface area contributed by atoms with Crippen LogP contribution in [0, 0.1) is 0 Å². The lowest BCUT2D eigenvalue weighted by molar-refractivity contribution is 0.266. The van der Waals surface area contributed by atoms with Gasteiger partial charge >= 0.3 is 0 Å². The molecular formula is C15H21ClN4O. The van der Waals surface area contributed by atoms with Crippen LogP contribution < -0.4 is 10.1 Å². The first kappa shape index (κ1) is 15.8. The smallest absolute Gasteiger partial charge is 0.138 e. The van der Waals surface area contributed by atoms with Crippen molar-refractivity contribution in [3.8, 4) is 5.75 Å². The monoisotopic (exact) mass is 308 g/mol. The first-order valence-electron chi connectivity index (χ1n) is 7.15. The third-order valence-electron chi connectivity index (χ3n) is 3.22. The van der Waals surface area contributed by atoms with Crippen molar-refractivity contribution in [3.05, 3.63) is 41.4 Å². The molecule has 0 aliphatic heterocycles. The number of hydrogen-bond donors (Lipinski definition) is 1. The topological polar surface area (TPSA) is 52.0 Å². The molecule has 5 nitrogen and oxygen atoms in total. The number of aromatic nitrogens is 3. The Bertz CT molecular complexity index is 558. The van der Waals surface area contributed by atoms with Crippen molar-refractivity contribution in [2.75, 3.05) is 13.7 Å². The van der Waals surface area contributed by atoms with Gasteiger partial charge < -0.3 is 10.1 Å². The minimum atomic E-state index is 0.170. The standard InChI is InChI=1S/C15H21ClN4O/c1-3-7-20-15(18-11-19-20)9-13(17-2)10-21-14-6-4-5-12(16)8-14/h4-6,8,11,13,17H,3,7,9-10H2,1-2H3. The molecule has 0 aliphatic rings. The Kier molecular flexibility index (Phi) is 6.02. The third kappa shape index (κ3) is 4.72. The minimum Gasteiger partial charge on any atom is -0.492 e. The molecule has 0 aliphatic carbocycles. The van der Waals surface area contributed by atoms with E-state index in [0.717, 1.165) is 31.0 Å². The van der Waals surface area contributed by atoms with Gasteiger partial charge in [-0.25, -0.2) is 4.98 Å². The highest BCUT2D eigenvalue weighted by Crippen LogP contribution is 2.17. The number of hydrogen-bond acceptors (Lipinski definition) is 4. The number of likely N-dealkylation sites (N-methyl/N-ethyl adjacent to an activating group) is 1. The van der Waals surface area contributed by atoms with Crippen LogP contribution in [0.25, 0.3) is 0 Å². The van der Waals surface area contributed by atoms with Crippen molar-refractivity contribution >= 4 is 11.6 Å². The van der Waals surface area contributed by atoms with Crippen LogP contribution in [0.2, 0.25) is 5.02 Å². The first-order chi connectivity index (χ1) is 10.2. The predicted molar refractivity (Wildman–Crippen MR) is 83.8 cm³/mol. The summed E-state index contributed by atoms with van der Waals surface area (Å²) in [7, 11) is 1.92. The van der Waals surface area contributed by atoms with E-state index >= 15 is 0 Å². The Morgan fingerprint density at radius 1 is 1.43 bits per heavy atom. The highest BCUT2D eigenvalue weighted by Gasteiger charge is 2.13. The van der Waals surface area contributed by atoms with Gasteiger partial charge in [-0.15, -0.1) is 0 Å². The van der Waals surface area contributed by atoms with E-state index in [-0.39, 0.29) is 6.04 Å². The zero-order chi connectivity index (χ0) is 15.1. The second kappa shape index (κ2) is 8.00. The van der Waals surface area contributed by atoms with Crippen molar-refractivity contribution in [2.24, 2.45) is 0 Å². The molecule has 114 valence electrons. The summed E-state index contributed by atoms with van der Waals surface area (Å²) in [6, 6.07) is 7.59. The Hall–Kier alpha value is -1.59. The van der Waals surface area contributed by atoms with Gasteiger partial charge in [0.15, 0.2) is 0 Å². The second-order valence-electron chi connectivity index (χ2n) is 4.86. The van der Waals surface area contributed by atoms with Crippen molar-refractivity contribution in [1.82, 2.24) is 20.1 Å². The largest absolute Gasteiger partial charge is 0.492 e. The second-order valence-corrected chi connectivity index (χ2v) is 5.29. The van der Waals surface area contributed by atoms with Gasteiger partial charge in [-0.2, -0.15) is 5.10 Å². The van der Waals surface area contributed by atoms with Crippen molar-refractivity contribution in [2.45, 2.75) is 32.4 Å². The summed E-state index contributed by atoms with van der Waals surface area (Å²) in [6.07, 6.45) is 3.42. The molecule has 1 aromatic heterocycles. The Labute approximate surface area is 130 Å². The van der Waals surface area contributed by atoms with Gasteiger partial charge in [-0.05, 0) is 31.7 Å². The van der Waals surface area contributed by atoms with Crippen LogP contribution in [0.1, 0.15) is 19.2 Å². The summed E-state index contributed by atoms with van der Waals surface area (Å²) < 4.78 is 7.73. The molecule has 1 unspecified atom stereocenters. The average Bonchev–Trinajstić information content (AvgIpc) is 2.91. The molecular weight excluding hydrogens is 288 g/mol. The molecule has 0 saturated carbocycles. The molecule has 2 aromatic rings. The van der Waals surface area contributed by atoms with Crippen molar-refractivity contribution in [3.63, 3.8) is 0 Å². The van der Waals surface area contributed by atoms with Gasteiger partial charge in [0, 0.05) is 24.0 Å². The SMILES string of the molecule is CCCn1ncnc1CC(COc1cccc(Cl)c1)NC. The Morgan fingerprint density at radius 2 is 2.29 bits per heavy atom. The normalized spacial score (nSPS) is 12.3. The molecule has 21 heavy (non-hydrogen) atoms. The van der Waals surface area contributed by atoms with E-state index in [4.69, 9.17) is 16.3 Å². The fraction of sp³-hybridized carbons (Fsp3) is 0.467. The molecule has 0 saturated heterocycles. The number of ether oxygens (including phenoxy) is 1. The highest BCUT2D eigenvalue weighted by molar-refractivity contribution is 6.30. The molecule has 1 heterocycles. The van der Waals surface area contributed by atoms with Crippen LogP contribution in [0.5, 0.6) is 5.75 Å². The molecule has 0 amide bonds. The summed E-state index contributed by atoms with van der Waals surface area (Å²) >= 11 is 5.95. The maximum Gasteiger partial charge on any atom is 0.138 e. The summed E-state index contributed by atoms with van der Waals surface area (Å²) in [6.45, 7) is 3.57. The zero-order valence-electron chi connectivity index (χ0n) is 12.4. The summed E-state index contributed by atoms with van der Waals surface area (Å²) in [5, 5.41) is 8.18. The molecule has 0 fully saturated rings. The van der Waals surface area contributed by atoms with E-state index < -0.39 is 0 Å². The summed E-state index contributed by atoms with van der Waals surface area (Å²) in [5.74, 6) is 1.75. The van der Waals surface area contributed by atoms with E-state index in [0.29, 0.717) is 11.6 Å². The number of nitrogens with zero attached hydrogens (tertiary/aromatic N) is 3. The average molecular weight is 309 g/mol. The lowest BCUT2D eigenvalue weighted by Gasteiger charge is -2.17. The van der Waals surface area contributed by atoms with Crippen LogP contribution in [0.15, 0.2) is 30.6 Å². The molecule has 0 bridgehead atoms. The zero-order valence-corrected chi connectivity index (χ0v) is 13.2. The van der Waals surface area contributed by atoms with Crippen LogP contribution in [0.4, 0.5) is 0 Å². The highest BCUT2D eigenvalue weighted by atomic mass is 35.5. The van der Waals surface area contributed by atoms with E-state index in [1.165, 1.54) is 0 Å². The first-order valence-corrected chi connectivity index (χ1v) is 7.53. The number of aryl methyl sites for hydroxylation is 1. The number of benzene rings is 1. The molecule has 1 N–H and O–H groups in total. The van der Waals surface area contributed by atoms with Crippen molar-refractivity contribution in [1.29, 1.82) is 0 Å². The minimum absolute atomic E-state index is 0.170. The van der Waals surface area contributed by atoms with Gasteiger partial charge in [0.25, 0.3) is 0 Å². The molecule has 1 atom stereocenters. The van der Waals surface area contributed by atoms with Crippen molar-refractivity contribution < 1.29 is 4.74 Å². The van der Waals surface area contributed by atoms with E-state index in [9.17, 15) is 0 Å². The van der Waals surface area contributed by atoms with Gasteiger partial charge in [0.05, 0.1) is 0 Å². The number of rotatable bonds is 8. The van der Waals surface area contributed by atoms with Crippen LogP contribution in [-0.2, 0) is 13.0 Å². The van der Waals surface area contributed by atoms with E-state index in [2.05, 4.69) is 22.3 Å². The maximum atomic E-state index is 5.95. The van der Waals surface area contributed by atoms with E-state index in [1.54, 1.807) is 6.33 Å². The predicted octanol–water partition coefficient (Wildman–Crippen LogP) is 2.55. The third-order valence-corrected chi connectivity index (χ3v) is 3.45. The van der Waals surface area contributed by atoms with Gasteiger partial charge in [0.2, 0.25) is 0 Å². The molecule has 6 heteroatoms. The van der Waals surface area contributed by atoms with Gasteiger partial charge in [-0.1, -0.05) is 24.6 Å². The van der Waals surface area contributed by atoms with E-state index in [1.807, 2.05) is 36.0 Å². The molecule has 0 radical (unpaired) electrons. The molecule has 1 aromatic carbocycles. The molecule has 2 rings (SSSR count). The van der Waals surface area contributed by atoms with Gasteiger partial charge in [-0.3, -0.25) is 4.68 Å². The number of halogens is 1. The lowest BCUT2D eigenvalue weighted by Crippen LogP contribution is -2.34. The number of nitrogens with one attached hydrogen (secondary N) is 1. The quantitative estimate of drug-likeness (QED) is 0.814. The van der Waals surface area contributed by atoms with Crippen LogP contribution in [-0.4, -0.2) is 34.5 Å². The fourth-order valence-electron chi connectivity index (χ4n) is 2.06. The molecule has 0 spiro atoms. The maximum absolute atomic E-state index is 5.95. The van der Waals surface area contributed by atoms with Crippen LogP contribution >= 0.6 is 11.6 Å². The van der Waals surface area contributed by atoms with Gasteiger partial charge in [0.1, 0.15) is 24.5 Å². The summed E-state index contributed by atoms with van der Waals surface area (Å²) in [4.78, 5) is 4.33. The van der Waals surface area contributed by atoms with Crippen LogP contribution in [0.3, 0.4) is 0 Å².